The van der Waals surface area contributed by atoms with Crippen molar-refractivity contribution < 1.29 is 0 Å². The van der Waals surface area contributed by atoms with E-state index in [0.29, 0.717) is 6.04 Å². The van der Waals surface area contributed by atoms with E-state index in [-0.39, 0.29) is 0 Å². The van der Waals surface area contributed by atoms with Gasteiger partial charge in [-0.25, -0.2) is 0 Å². The van der Waals surface area contributed by atoms with Gasteiger partial charge in [0.15, 0.2) is 0 Å². The monoisotopic (exact) mass is 132 g/mol. The molecule has 8 heavy (non-hydrogen) atoms. The molecular weight excluding hydrogens is 124 g/mol. The van der Waals surface area contributed by atoms with E-state index < -0.39 is 0 Å². The maximum atomic E-state index is 5.70. The summed E-state index contributed by atoms with van der Waals surface area (Å²) in [5.41, 5.74) is 0. The van der Waals surface area contributed by atoms with Crippen molar-refractivity contribution >= 4 is 11.6 Å². The number of hydrogen-bond donors (Lipinski definition) is 2. The molecule has 0 spiro atoms. The third kappa shape index (κ3) is 1.14. The van der Waals surface area contributed by atoms with Crippen molar-refractivity contribution in [2.24, 2.45) is 0 Å². The number of rotatable bonds is 0. The van der Waals surface area contributed by atoms with Crippen molar-refractivity contribution in [3.63, 3.8) is 0 Å². The Kier molecular flexibility index (Phi) is 1.76. The van der Waals surface area contributed by atoms with Crippen LogP contribution in [0.25, 0.3) is 0 Å². The van der Waals surface area contributed by atoms with E-state index >= 15 is 0 Å². The van der Waals surface area contributed by atoms with Crippen LogP contribution in [0.1, 0.15) is 6.92 Å². The van der Waals surface area contributed by atoms with Crippen LogP contribution < -0.4 is 10.6 Å². The van der Waals surface area contributed by atoms with Crippen molar-refractivity contribution in [3.05, 3.63) is 11.2 Å². The number of nitrogens with one attached hydrogen (secondary N) is 2. The summed E-state index contributed by atoms with van der Waals surface area (Å²) < 4.78 is 0. The Balaban J connectivity index is 2.53. The van der Waals surface area contributed by atoms with E-state index in [1.165, 1.54) is 0 Å². The molecule has 0 saturated carbocycles. The lowest BCUT2D eigenvalue weighted by atomic mass is 10.3. The van der Waals surface area contributed by atoms with Crippen LogP contribution in [-0.4, -0.2) is 12.7 Å². The Labute approximate surface area is 53.9 Å². The maximum Gasteiger partial charge on any atom is 0.0653 e. The molecule has 0 aromatic rings. The molecule has 0 saturated heterocycles. The van der Waals surface area contributed by atoms with Gasteiger partial charge in [-0.1, -0.05) is 11.6 Å². The minimum atomic E-state index is 0.318. The second-order valence-corrected chi connectivity index (χ2v) is 2.27. The van der Waals surface area contributed by atoms with Crippen molar-refractivity contribution in [1.29, 1.82) is 0 Å². The Morgan fingerprint density at radius 2 is 2.62 bits per heavy atom. The Morgan fingerprint density at radius 3 is 3.00 bits per heavy atom. The minimum absolute atomic E-state index is 0.318. The molecule has 0 fully saturated rings. The van der Waals surface area contributed by atoms with E-state index in [2.05, 4.69) is 10.6 Å². The average Bonchev–Trinajstić information content (AvgIpc) is 1.77. The largest absolute Gasteiger partial charge is 0.377 e. The fourth-order valence-corrected chi connectivity index (χ4v) is 0.737. The predicted molar refractivity (Wildman–Crippen MR) is 34.5 cm³/mol. The maximum absolute atomic E-state index is 5.70. The molecule has 1 atom stereocenters. The molecule has 0 aromatic carbocycles. The molecular formula is C5H9ClN2. The van der Waals surface area contributed by atoms with Crippen LogP contribution in [0.2, 0.25) is 0 Å². The van der Waals surface area contributed by atoms with Crippen molar-refractivity contribution in [2.45, 2.75) is 13.0 Å². The molecule has 1 aliphatic rings. The van der Waals surface area contributed by atoms with Gasteiger partial charge in [0.25, 0.3) is 0 Å². The van der Waals surface area contributed by atoms with Crippen LogP contribution in [0.15, 0.2) is 11.2 Å². The fourth-order valence-electron chi connectivity index (χ4n) is 0.583. The molecule has 0 aliphatic carbocycles. The smallest absolute Gasteiger partial charge is 0.0653 e. The highest BCUT2D eigenvalue weighted by Gasteiger charge is 2.07. The number of hydrogen-bond acceptors (Lipinski definition) is 2. The number of halogens is 1. The molecule has 0 amide bonds. The van der Waals surface area contributed by atoms with Gasteiger partial charge < -0.3 is 5.32 Å². The van der Waals surface area contributed by atoms with Crippen LogP contribution in [0.4, 0.5) is 0 Å². The Hall–Kier alpha value is -0.210. The highest BCUT2D eigenvalue weighted by atomic mass is 35.5. The zero-order chi connectivity index (χ0) is 5.98. The minimum Gasteiger partial charge on any atom is -0.377 e. The standard InChI is InChI=1S/C5H9ClN2/c1-4-5(6)2-7-3-8-4/h2,4,7-8H,3H2,1H3. The third-order valence-electron chi connectivity index (χ3n) is 1.16. The van der Waals surface area contributed by atoms with Gasteiger partial charge in [-0.15, -0.1) is 0 Å². The summed E-state index contributed by atoms with van der Waals surface area (Å²) in [4.78, 5) is 0. The van der Waals surface area contributed by atoms with Gasteiger partial charge in [0, 0.05) is 12.2 Å². The molecule has 46 valence electrons. The van der Waals surface area contributed by atoms with E-state index in [1.807, 2.05) is 13.1 Å². The van der Waals surface area contributed by atoms with Gasteiger partial charge in [-0.2, -0.15) is 0 Å². The van der Waals surface area contributed by atoms with E-state index in [9.17, 15) is 0 Å². The van der Waals surface area contributed by atoms with Crippen molar-refractivity contribution in [1.82, 2.24) is 10.6 Å². The quantitative estimate of drug-likeness (QED) is 0.505. The van der Waals surface area contributed by atoms with Gasteiger partial charge in [0.05, 0.1) is 11.7 Å². The van der Waals surface area contributed by atoms with Gasteiger partial charge in [0.1, 0.15) is 0 Å². The molecule has 0 bridgehead atoms. The Bertz CT molecular complexity index is 111. The van der Waals surface area contributed by atoms with Crippen LogP contribution in [0.3, 0.4) is 0 Å². The summed E-state index contributed by atoms with van der Waals surface area (Å²) in [7, 11) is 0. The van der Waals surface area contributed by atoms with Gasteiger partial charge in [-0.3, -0.25) is 5.32 Å². The second-order valence-electron chi connectivity index (χ2n) is 1.84. The molecule has 1 unspecified atom stereocenters. The molecule has 2 N–H and O–H groups in total. The van der Waals surface area contributed by atoms with Gasteiger partial charge >= 0.3 is 0 Å². The van der Waals surface area contributed by atoms with E-state index in [1.54, 1.807) is 0 Å². The first kappa shape index (κ1) is 5.92. The lowest BCUT2D eigenvalue weighted by molar-refractivity contribution is 0.566. The van der Waals surface area contributed by atoms with Crippen molar-refractivity contribution in [3.8, 4) is 0 Å². The summed E-state index contributed by atoms with van der Waals surface area (Å²) in [6, 6.07) is 0.318. The molecule has 1 heterocycles. The van der Waals surface area contributed by atoms with E-state index in [4.69, 9.17) is 11.6 Å². The summed E-state index contributed by atoms with van der Waals surface area (Å²) >= 11 is 5.70. The zero-order valence-electron chi connectivity index (χ0n) is 4.74. The van der Waals surface area contributed by atoms with Crippen LogP contribution in [0, 0.1) is 0 Å². The molecule has 0 aromatic heterocycles. The second kappa shape index (κ2) is 2.37. The first-order valence-corrected chi connectivity index (χ1v) is 3.01. The lowest BCUT2D eigenvalue weighted by Gasteiger charge is -2.18. The van der Waals surface area contributed by atoms with Crippen LogP contribution >= 0.6 is 11.6 Å². The summed E-state index contributed by atoms with van der Waals surface area (Å²) in [6.45, 7) is 2.84. The topological polar surface area (TPSA) is 24.1 Å². The Morgan fingerprint density at radius 1 is 1.88 bits per heavy atom. The fraction of sp³-hybridized carbons (Fsp3) is 0.600. The highest BCUT2D eigenvalue weighted by Crippen LogP contribution is 2.07. The van der Waals surface area contributed by atoms with Crippen LogP contribution in [-0.2, 0) is 0 Å². The van der Waals surface area contributed by atoms with Gasteiger partial charge in [-0.05, 0) is 6.92 Å². The zero-order valence-corrected chi connectivity index (χ0v) is 5.50. The molecule has 1 rings (SSSR count). The summed E-state index contributed by atoms with van der Waals surface area (Å²) in [5, 5.41) is 6.92. The molecule has 1 aliphatic heterocycles. The first-order chi connectivity index (χ1) is 3.80. The predicted octanol–water partition coefficient (Wildman–Crippen LogP) is 0.605. The van der Waals surface area contributed by atoms with E-state index in [0.717, 1.165) is 11.7 Å². The highest BCUT2D eigenvalue weighted by molar-refractivity contribution is 6.30. The average molecular weight is 133 g/mol. The summed E-state index contributed by atoms with van der Waals surface area (Å²) in [6.07, 6.45) is 1.82. The molecule has 0 radical (unpaired) electrons. The SMILES string of the molecule is CC1NCNC=C1Cl. The third-order valence-corrected chi connectivity index (χ3v) is 1.60. The normalized spacial score (nSPS) is 28.8. The molecule has 2 nitrogen and oxygen atoms in total. The first-order valence-electron chi connectivity index (χ1n) is 2.63. The van der Waals surface area contributed by atoms with Crippen LogP contribution in [0.5, 0.6) is 0 Å². The summed E-state index contributed by atoms with van der Waals surface area (Å²) in [5.74, 6) is 0. The van der Waals surface area contributed by atoms with Crippen molar-refractivity contribution in [2.75, 3.05) is 6.67 Å². The lowest BCUT2D eigenvalue weighted by Crippen LogP contribution is -2.38. The molecule has 3 heteroatoms. The van der Waals surface area contributed by atoms with Gasteiger partial charge in [0.2, 0.25) is 0 Å².